The van der Waals surface area contributed by atoms with E-state index < -0.39 is 0 Å². The van der Waals surface area contributed by atoms with Gasteiger partial charge in [0.1, 0.15) is 0 Å². The molecule has 0 amide bonds. The molecule has 4 rings (SSSR count). The zero-order valence-electron chi connectivity index (χ0n) is 8.91. The third-order valence-electron chi connectivity index (χ3n) is 2.97. The second-order valence-corrected chi connectivity index (χ2v) is 3.90. The maximum Gasteiger partial charge on any atom is 0.162 e. The van der Waals surface area contributed by atoms with Crippen molar-refractivity contribution in [2.45, 2.75) is 0 Å². The topological polar surface area (TPSA) is 43.1 Å². The average Bonchev–Trinajstić information content (AvgIpc) is 2.89. The number of pyridine rings is 3. The molecule has 0 unspecified atom stereocenters. The quantitative estimate of drug-likeness (QED) is 0.427. The molecule has 0 saturated heterocycles. The Morgan fingerprint density at radius 2 is 1.65 bits per heavy atom. The minimum atomic E-state index is 0.869. The van der Waals surface area contributed by atoms with Gasteiger partial charge in [-0.3, -0.25) is 4.98 Å². The molecule has 4 heterocycles. The highest BCUT2D eigenvalue weighted by atomic mass is 15.2. The Morgan fingerprint density at radius 3 is 2.59 bits per heavy atom. The second kappa shape index (κ2) is 3.01. The molecule has 4 heteroatoms. The maximum absolute atomic E-state index is 4.44. The van der Waals surface area contributed by atoms with Gasteiger partial charge >= 0.3 is 0 Å². The highest BCUT2D eigenvalue weighted by Gasteiger charge is 2.09. The van der Waals surface area contributed by atoms with Crippen LogP contribution in [0.3, 0.4) is 0 Å². The van der Waals surface area contributed by atoms with Gasteiger partial charge in [-0.05, 0) is 24.3 Å². The Kier molecular flexibility index (Phi) is 1.53. The number of fused-ring (bicyclic) bond motifs is 6. The van der Waals surface area contributed by atoms with Crippen molar-refractivity contribution in [2.75, 3.05) is 0 Å². The minimum Gasteiger partial charge on any atom is -0.254 e. The molecule has 0 spiro atoms. The molecule has 17 heavy (non-hydrogen) atoms. The summed E-state index contributed by atoms with van der Waals surface area (Å²) in [4.78, 5) is 8.85. The van der Waals surface area contributed by atoms with E-state index in [1.54, 1.807) is 18.6 Å². The van der Waals surface area contributed by atoms with Crippen molar-refractivity contribution in [1.82, 2.24) is 19.6 Å². The molecule has 0 aliphatic heterocycles. The van der Waals surface area contributed by atoms with Gasteiger partial charge in [0.15, 0.2) is 5.65 Å². The first-order valence-electron chi connectivity index (χ1n) is 5.40. The molecule has 4 aromatic heterocycles. The smallest absolute Gasteiger partial charge is 0.162 e. The Hall–Kier alpha value is -2.49. The van der Waals surface area contributed by atoms with E-state index in [1.807, 2.05) is 28.8 Å². The van der Waals surface area contributed by atoms with E-state index in [4.69, 9.17) is 0 Å². The van der Waals surface area contributed by atoms with Crippen LogP contribution in [-0.4, -0.2) is 19.6 Å². The van der Waals surface area contributed by atoms with Crippen LogP contribution in [0.5, 0.6) is 0 Å². The van der Waals surface area contributed by atoms with Gasteiger partial charge < -0.3 is 0 Å². The van der Waals surface area contributed by atoms with Crippen molar-refractivity contribution >= 4 is 27.5 Å². The van der Waals surface area contributed by atoms with E-state index in [-0.39, 0.29) is 0 Å². The summed E-state index contributed by atoms with van der Waals surface area (Å²) in [6.07, 6.45) is 5.36. The molecule has 0 bridgehead atoms. The lowest BCUT2D eigenvalue weighted by Crippen LogP contribution is -1.95. The predicted molar refractivity (Wildman–Crippen MR) is 65.8 cm³/mol. The molecule has 4 aromatic rings. The number of nitrogens with zero attached hydrogens (tertiary/aromatic N) is 4. The molecule has 0 atom stereocenters. The average molecular weight is 220 g/mol. The number of hydrogen-bond acceptors (Lipinski definition) is 3. The fourth-order valence-corrected chi connectivity index (χ4v) is 2.25. The van der Waals surface area contributed by atoms with E-state index in [9.17, 15) is 0 Å². The second-order valence-electron chi connectivity index (χ2n) is 3.90. The van der Waals surface area contributed by atoms with Crippen molar-refractivity contribution in [1.29, 1.82) is 0 Å². The van der Waals surface area contributed by atoms with Crippen molar-refractivity contribution in [2.24, 2.45) is 0 Å². The summed E-state index contributed by atoms with van der Waals surface area (Å²) in [7, 11) is 0. The predicted octanol–water partition coefficient (Wildman–Crippen LogP) is 2.43. The number of aromatic nitrogens is 4. The van der Waals surface area contributed by atoms with E-state index in [0.717, 1.165) is 27.5 Å². The highest BCUT2D eigenvalue weighted by Crippen LogP contribution is 2.25. The number of rotatable bonds is 0. The van der Waals surface area contributed by atoms with Crippen molar-refractivity contribution in [3.8, 4) is 0 Å². The fraction of sp³-hybridized carbons (Fsp3) is 0. The Labute approximate surface area is 96.5 Å². The largest absolute Gasteiger partial charge is 0.254 e. The number of hydrogen-bond donors (Lipinski definition) is 0. The van der Waals surface area contributed by atoms with Gasteiger partial charge in [0.05, 0.1) is 17.2 Å². The van der Waals surface area contributed by atoms with Gasteiger partial charge in [-0.1, -0.05) is 6.07 Å². The molecule has 80 valence electrons. The summed E-state index contributed by atoms with van der Waals surface area (Å²) in [5, 5.41) is 6.50. The van der Waals surface area contributed by atoms with Crippen LogP contribution in [0.15, 0.2) is 48.9 Å². The maximum atomic E-state index is 4.44. The van der Waals surface area contributed by atoms with Crippen LogP contribution in [0.25, 0.3) is 27.5 Å². The van der Waals surface area contributed by atoms with Gasteiger partial charge in [0, 0.05) is 23.2 Å². The standard InChI is InChI=1S/C13H8N4/c1-3-9-10-4-2-7-15-13(10)17-11(5-8-16-17)12(9)14-6-1/h1-8H. The minimum absolute atomic E-state index is 0.869. The monoisotopic (exact) mass is 220 g/mol. The summed E-state index contributed by atoms with van der Waals surface area (Å²) >= 11 is 0. The van der Waals surface area contributed by atoms with Gasteiger partial charge in [0.2, 0.25) is 0 Å². The van der Waals surface area contributed by atoms with Gasteiger partial charge in [-0.25, -0.2) is 9.50 Å². The molecular weight excluding hydrogens is 212 g/mol. The van der Waals surface area contributed by atoms with Crippen LogP contribution in [0, 0.1) is 0 Å². The summed E-state index contributed by atoms with van der Waals surface area (Å²) in [6, 6.07) is 9.96. The van der Waals surface area contributed by atoms with Crippen LogP contribution in [0.4, 0.5) is 0 Å². The first-order valence-corrected chi connectivity index (χ1v) is 5.40. The van der Waals surface area contributed by atoms with Crippen molar-refractivity contribution in [3.63, 3.8) is 0 Å². The molecule has 4 nitrogen and oxygen atoms in total. The van der Waals surface area contributed by atoms with Crippen LogP contribution in [0.2, 0.25) is 0 Å². The van der Waals surface area contributed by atoms with E-state index in [2.05, 4.69) is 21.1 Å². The lowest BCUT2D eigenvalue weighted by molar-refractivity contribution is 0.985. The first kappa shape index (κ1) is 8.64. The van der Waals surface area contributed by atoms with Crippen molar-refractivity contribution in [3.05, 3.63) is 48.9 Å². The Morgan fingerprint density at radius 1 is 0.824 bits per heavy atom. The molecule has 0 N–H and O–H groups in total. The van der Waals surface area contributed by atoms with E-state index in [1.165, 1.54) is 0 Å². The summed E-state index contributed by atoms with van der Waals surface area (Å²) in [6.45, 7) is 0. The lowest BCUT2D eigenvalue weighted by Gasteiger charge is -2.05. The third-order valence-corrected chi connectivity index (χ3v) is 2.97. The van der Waals surface area contributed by atoms with Crippen molar-refractivity contribution < 1.29 is 0 Å². The third kappa shape index (κ3) is 1.04. The van der Waals surface area contributed by atoms with Gasteiger partial charge in [0.25, 0.3) is 0 Å². The summed E-state index contributed by atoms with van der Waals surface area (Å²) in [5.74, 6) is 0. The normalized spacial score (nSPS) is 11.5. The van der Waals surface area contributed by atoms with Crippen LogP contribution < -0.4 is 0 Å². The Bertz CT molecular complexity index is 778. The summed E-state index contributed by atoms with van der Waals surface area (Å²) in [5.41, 5.74) is 2.82. The molecule has 0 fully saturated rings. The van der Waals surface area contributed by atoms with Crippen LogP contribution >= 0.6 is 0 Å². The van der Waals surface area contributed by atoms with E-state index in [0.29, 0.717) is 0 Å². The molecule has 0 aliphatic carbocycles. The zero-order valence-corrected chi connectivity index (χ0v) is 8.91. The molecule has 0 aliphatic rings. The molecule has 0 saturated carbocycles. The molecule has 0 aromatic carbocycles. The fourth-order valence-electron chi connectivity index (χ4n) is 2.25. The summed E-state index contributed by atoms with van der Waals surface area (Å²) < 4.78 is 1.84. The first-order chi connectivity index (χ1) is 8.45. The Balaban J connectivity index is 2.48. The lowest BCUT2D eigenvalue weighted by atomic mass is 10.1. The zero-order chi connectivity index (χ0) is 11.2. The molecule has 0 radical (unpaired) electrons. The van der Waals surface area contributed by atoms with Gasteiger partial charge in [-0.2, -0.15) is 5.10 Å². The SMILES string of the molecule is c1cnc2c(c1)c1cccnc1n1nccc21. The van der Waals surface area contributed by atoms with E-state index >= 15 is 0 Å². The highest BCUT2D eigenvalue weighted by molar-refractivity contribution is 6.09. The van der Waals surface area contributed by atoms with Crippen LogP contribution in [0.1, 0.15) is 0 Å². The van der Waals surface area contributed by atoms with Gasteiger partial charge in [-0.15, -0.1) is 0 Å². The molecular formula is C13H8N4. The van der Waals surface area contributed by atoms with Crippen LogP contribution in [-0.2, 0) is 0 Å².